The Balaban J connectivity index is 1.75. The molecule has 2 aromatic heterocycles. The highest BCUT2D eigenvalue weighted by molar-refractivity contribution is 6.43. The van der Waals surface area contributed by atoms with Gasteiger partial charge in [-0.25, -0.2) is 0 Å². The maximum atomic E-state index is 13.4. The van der Waals surface area contributed by atoms with Gasteiger partial charge in [0, 0.05) is 30.4 Å². The number of hydrogen-bond acceptors (Lipinski definition) is 3. The molecule has 1 aliphatic rings. The van der Waals surface area contributed by atoms with Crippen LogP contribution in [0.25, 0.3) is 16.6 Å². The van der Waals surface area contributed by atoms with E-state index in [1.165, 1.54) is 0 Å². The molecule has 1 saturated heterocycles. The van der Waals surface area contributed by atoms with Crippen LogP contribution in [0.15, 0.2) is 54.7 Å². The predicted molar refractivity (Wildman–Crippen MR) is 113 cm³/mol. The van der Waals surface area contributed by atoms with Gasteiger partial charge in [0.2, 0.25) is 0 Å². The zero-order valence-electron chi connectivity index (χ0n) is 16.8. The molecular weight excluding hydrogens is 364 g/mol. The van der Waals surface area contributed by atoms with Crippen molar-refractivity contribution in [2.45, 2.75) is 32.6 Å². The van der Waals surface area contributed by atoms with E-state index in [1.54, 1.807) is 4.90 Å². The Bertz CT molecular complexity index is 1010. The Morgan fingerprint density at radius 2 is 1.69 bits per heavy atom. The highest BCUT2D eigenvalue weighted by atomic mass is 16.5. The minimum absolute atomic E-state index is 0.400. The van der Waals surface area contributed by atoms with Crippen LogP contribution in [0.1, 0.15) is 43.1 Å². The number of likely N-dealkylation sites (tertiary alicyclic amines) is 1. The molecule has 3 heterocycles. The number of pyridine rings is 1. The Kier molecular flexibility index (Phi) is 5.65. The lowest BCUT2D eigenvalue weighted by Gasteiger charge is -2.19. The van der Waals surface area contributed by atoms with Crippen LogP contribution in [-0.4, -0.2) is 40.7 Å². The molecule has 0 aliphatic carbocycles. The minimum atomic E-state index is -0.443. The smallest absolute Gasteiger partial charge is 0.296 e. The van der Waals surface area contributed by atoms with E-state index >= 15 is 0 Å². The van der Waals surface area contributed by atoms with Gasteiger partial charge < -0.3 is 14.0 Å². The quantitative estimate of drug-likeness (QED) is 0.473. The van der Waals surface area contributed by atoms with Gasteiger partial charge >= 0.3 is 0 Å². The second-order valence-electron chi connectivity index (χ2n) is 7.40. The molecule has 1 aromatic carbocycles. The summed E-state index contributed by atoms with van der Waals surface area (Å²) in [4.78, 5) is 28.1. The van der Waals surface area contributed by atoms with Crippen molar-refractivity contribution < 1.29 is 14.3 Å². The van der Waals surface area contributed by atoms with Crippen molar-refractivity contribution in [1.29, 1.82) is 0 Å². The normalized spacial score (nSPS) is 14.6. The van der Waals surface area contributed by atoms with Crippen molar-refractivity contribution in [2.24, 2.45) is 0 Å². The summed E-state index contributed by atoms with van der Waals surface area (Å²) in [5, 5.41) is 0. The van der Waals surface area contributed by atoms with Gasteiger partial charge in [-0.2, -0.15) is 0 Å². The number of Topliss-reactive ketones (excluding diaryl/α,β-unsaturated/α-hetero) is 1. The highest BCUT2D eigenvalue weighted by Crippen LogP contribution is 2.30. The van der Waals surface area contributed by atoms with Crippen LogP contribution in [-0.2, 0) is 4.79 Å². The van der Waals surface area contributed by atoms with Crippen molar-refractivity contribution in [1.82, 2.24) is 9.30 Å². The number of rotatable bonds is 5. The third-order valence-corrected chi connectivity index (χ3v) is 5.46. The predicted octanol–water partition coefficient (Wildman–Crippen LogP) is 4.59. The van der Waals surface area contributed by atoms with E-state index in [9.17, 15) is 9.59 Å². The lowest BCUT2D eigenvalue weighted by atomic mass is 10.0. The van der Waals surface area contributed by atoms with Gasteiger partial charge in [-0.15, -0.1) is 0 Å². The van der Waals surface area contributed by atoms with E-state index in [0.717, 1.165) is 48.1 Å². The average Bonchev–Trinajstić information content (AvgIpc) is 2.92. The van der Waals surface area contributed by atoms with E-state index in [1.807, 2.05) is 66.1 Å². The van der Waals surface area contributed by atoms with Crippen molar-refractivity contribution in [3.63, 3.8) is 0 Å². The lowest BCUT2D eigenvalue weighted by molar-refractivity contribution is -0.126. The zero-order valence-corrected chi connectivity index (χ0v) is 16.8. The third-order valence-electron chi connectivity index (χ3n) is 5.46. The number of carbonyl (C=O) groups excluding carboxylic acids is 2. The number of ketones is 1. The molecule has 5 heteroatoms. The molecule has 1 amide bonds. The van der Waals surface area contributed by atoms with Crippen LogP contribution in [0.3, 0.4) is 0 Å². The monoisotopic (exact) mass is 390 g/mol. The molecule has 5 nitrogen and oxygen atoms in total. The third kappa shape index (κ3) is 3.90. The van der Waals surface area contributed by atoms with E-state index in [-0.39, 0.29) is 0 Å². The molecule has 150 valence electrons. The number of hydrogen-bond donors (Lipinski definition) is 0. The summed E-state index contributed by atoms with van der Waals surface area (Å²) in [6, 6.07) is 15.4. The Morgan fingerprint density at radius 1 is 0.966 bits per heavy atom. The largest absolute Gasteiger partial charge is 0.494 e. The summed E-state index contributed by atoms with van der Waals surface area (Å²) >= 11 is 0. The number of fused-ring (bicyclic) bond motifs is 1. The number of amides is 1. The fourth-order valence-electron chi connectivity index (χ4n) is 3.99. The van der Waals surface area contributed by atoms with E-state index < -0.39 is 11.7 Å². The summed E-state index contributed by atoms with van der Waals surface area (Å²) in [5.41, 5.74) is 2.99. The Morgan fingerprint density at radius 3 is 2.38 bits per heavy atom. The topological polar surface area (TPSA) is 51.0 Å². The number of ether oxygens (including phenoxy) is 1. The summed E-state index contributed by atoms with van der Waals surface area (Å²) in [6.45, 7) is 3.86. The van der Waals surface area contributed by atoms with Crippen molar-refractivity contribution >= 4 is 17.2 Å². The van der Waals surface area contributed by atoms with Crippen LogP contribution in [0.2, 0.25) is 0 Å². The minimum Gasteiger partial charge on any atom is -0.494 e. The lowest BCUT2D eigenvalue weighted by Crippen LogP contribution is -2.37. The van der Waals surface area contributed by atoms with Gasteiger partial charge in [-0.3, -0.25) is 9.59 Å². The molecule has 3 aromatic rings. The standard InChI is InChI=1S/C24H26N2O3/c1-2-29-20-12-10-18(11-13-20)21-17-19-9-5-8-16-26(19)22(21)23(27)24(28)25-14-6-3-4-7-15-25/h5,8-13,16-17H,2-4,6-7,14-15H2,1H3. The average molecular weight is 390 g/mol. The van der Waals surface area contributed by atoms with Gasteiger partial charge in [0.15, 0.2) is 0 Å². The second-order valence-corrected chi connectivity index (χ2v) is 7.40. The van der Waals surface area contributed by atoms with E-state index in [4.69, 9.17) is 4.74 Å². The number of benzene rings is 1. The number of aromatic nitrogens is 1. The second kappa shape index (κ2) is 8.52. The van der Waals surface area contributed by atoms with Crippen LogP contribution < -0.4 is 4.74 Å². The highest BCUT2D eigenvalue weighted by Gasteiger charge is 2.29. The van der Waals surface area contributed by atoms with Crippen molar-refractivity contribution in [3.8, 4) is 16.9 Å². The number of nitrogens with zero attached hydrogens (tertiary/aromatic N) is 2. The first kappa shape index (κ1) is 19.2. The van der Waals surface area contributed by atoms with Gasteiger partial charge in [0.05, 0.1) is 6.61 Å². The summed E-state index contributed by atoms with van der Waals surface area (Å²) < 4.78 is 7.35. The van der Waals surface area contributed by atoms with Crippen LogP contribution in [0.5, 0.6) is 5.75 Å². The maximum absolute atomic E-state index is 13.4. The van der Waals surface area contributed by atoms with Gasteiger partial charge in [0.1, 0.15) is 11.4 Å². The fraction of sp³-hybridized carbons (Fsp3) is 0.333. The zero-order chi connectivity index (χ0) is 20.2. The van der Waals surface area contributed by atoms with Crippen LogP contribution in [0, 0.1) is 0 Å². The summed E-state index contributed by atoms with van der Waals surface area (Å²) in [5.74, 6) is -0.0570. The molecule has 0 unspecified atom stereocenters. The molecule has 0 N–H and O–H groups in total. The molecule has 0 atom stereocenters. The molecule has 0 bridgehead atoms. The van der Waals surface area contributed by atoms with E-state index in [0.29, 0.717) is 25.4 Å². The summed E-state index contributed by atoms with van der Waals surface area (Å²) in [6.07, 6.45) is 5.99. The molecule has 29 heavy (non-hydrogen) atoms. The maximum Gasteiger partial charge on any atom is 0.296 e. The molecule has 1 aliphatic heterocycles. The first-order valence-electron chi connectivity index (χ1n) is 10.4. The SMILES string of the molecule is CCOc1ccc(-c2cc3ccccn3c2C(=O)C(=O)N2CCCCCC2)cc1. The van der Waals surface area contributed by atoms with Gasteiger partial charge in [-0.1, -0.05) is 31.0 Å². The first-order valence-corrected chi connectivity index (χ1v) is 10.4. The molecular formula is C24H26N2O3. The molecule has 1 fully saturated rings. The van der Waals surface area contributed by atoms with Crippen LogP contribution in [0.4, 0.5) is 0 Å². The summed E-state index contributed by atoms with van der Waals surface area (Å²) in [7, 11) is 0. The molecule has 0 radical (unpaired) electrons. The van der Waals surface area contributed by atoms with Gasteiger partial charge in [-0.05, 0) is 55.7 Å². The Hall–Kier alpha value is -3.08. The fourth-order valence-corrected chi connectivity index (χ4v) is 3.99. The Labute approximate surface area is 170 Å². The van der Waals surface area contributed by atoms with Crippen molar-refractivity contribution in [2.75, 3.05) is 19.7 Å². The van der Waals surface area contributed by atoms with Crippen molar-refractivity contribution in [3.05, 3.63) is 60.4 Å². The van der Waals surface area contributed by atoms with Gasteiger partial charge in [0.25, 0.3) is 11.7 Å². The molecule has 0 saturated carbocycles. The van der Waals surface area contributed by atoms with E-state index in [2.05, 4.69) is 0 Å². The number of carbonyl (C=O) groups is 2. The molecule has 4 rings (SSSR count). The van der Waals surface area contributed by atoms with Crippen LogP contribution >= 0.6 is 0 Å². The first-order chi connectivity index (χ1) is 14.2. The molecule has 0 spiro atoms.